The smallest absolute Gasteiger partial charge is 0.162 e. The van der Waals surface area contributed by atoms with Gasteiger partial charge >= 0.3 is 0 Å². The van der Waals surface area contributed by atoms with Gasteiger partial charge in [0.25, 0.3) is 0 Å². The number of ketones is 2. The number of unbranched alkanes of at least 4 members (excludes halogenated alkanes) is 6. The highest BCUT2D eigenvalue weighted by Crippen LogP contribution is 2.35. The zero-order valence-electron chi connectivity index (χ0n) is 34.1. The molecule has 3 rings (SSSR count). The molecule has 1 heterocycles. The van der Waals surface area contributed by atoms with Gasteiger partial charge in [-0.3, -0.25) is 4.79 Å². The number of methoxy groups -OCH3 is 1. The number of ether oxygens (including phenoxy) is 3. The van der Waals surface area contributed by atoms with Crippen LogP contribution < -0.4 is 14.2 Å². The van der Waals surface area contributed by atoms with E-state index >= 15 is 0 Å². The van der Waals surface area contributed by atoms with Gasteiger partial charge in [-0.1, -0.05) is 126 Å². The van der Waals surface area contributed by atoms with Crippen LogP contribution in [0.3, 0.4) is 0 Å². The number of Topliss-reactive ketones (excluding diaryl/α,β-unsaturated/α-hetero) is 2. The largest absolute Gasteiger partial charge is 0.497 e. The Morgan fingerprint density at radius 2 is 1.28 bits per heavy atom. The average Bonchev–Trinajstić information content (AvgIpc) is 3.15. The topological polar surface area (TPSA) is 82.1 Å². The summed E-state index contributed by atoms with van der Waals surface area (Å²) in [4.78, 5) is 22.6. The molecule has 6 nitrogen and oxygen atoms in total. The van der Waals surface area contributed by atoms with Crippen LogP contribution >= 0.6 is 0 Å². The van der Waals surface area contributed by atoms with Gasteiger partial charge in [0.05, 0.1) is 13.2 Å². The summed E-state index contributed by atoms with van der Waals surface area (Å²) in [5.74, 6) is 3.85. The molecule has 2 aromatic carbocycles. The van der Waals surface area contributed by atoms with Crippen molar-refractivity contribution in [3.8, 4) is 17.2 Å². The van der Waals surface area contributed by atoms with Crippen molar-refractivity contribution < 1.29 is 28.9 Å². The van der Waals surface area contributed by atoms with Gasteiger partial charge in [-0.15, -0.1) is 0 Å². The van der Waals surface area contributed by atoms with Crippen LogP contribution in [-0.4, -0.2) is 37.0 Å². The van der Waals surface area contributed by atoms with Crippen LogP contribution in [0.2, 0.25) is 0 Å². The number of benzene rings is 2. The first-order valence-electron chi connectivity index (χ1n) is 19.8. The lowest BCUT2D eigenvalue weighted by Gasteiger charge is -2.22. The molecule has 0 bridgehead atoms. The molecule has 0 saturated carbocycles. The molecule has 1 aliphatic rings. The van der Waals surface area contributed by atoms with Crippen molar-refractivity contribution in [1.82, 2.24) is 0 Å². The van der Waals surface area contributed by atoms with E-state index in [1.165, 1.54) is 44.9 Å². The SMILES string of the molecule is CC.CCC(C)CC.CCCCCCC.CCC[C@H](C)C(O)c1ccc2c(c1)OCCO2.COc1ccc(C(=O)CCCCCC(C)=O)cc1. The van der Waals surface area contributed by atoms with Crippen LogP contribution in [-0.2, 0) is 4.79 Å². The Kier molecular flexibility index (Phi) is 32.8. The second-order valence-electron chi connectivity index (χ2n) is 13.0. The van der Waals surface area contributed by atoms with E-state index in [1.54, 1.807) is 38.3 Å². The summed E-state index contributed by atoms with van der Waals surface area (Å²) in [5.41, 5.74) is 1.64. The van der Waals surface area contributed by atoms with Gasteiger partial charge in [0.15, 0.2) is 17.3 Å². The molecule has 0 amide bonds. The van der Waals surface area contributed by atoms with Crippen molar-refractivity contribution in [3.05, 3.63) is 53.6 Å². The van der Waals surface area contributed by atoms with Gasteiger partial charge in [0.1, 0.15) is 24.7 Å². The maximum absolute atomic E-state index is 11.8. The molecular weight excluding hydrogens is 624 g/mol. The van der Waals surface area contributed by atoms with E-state index in [4.69, 9.17) is 14.2 Å². The van der Waals surface area contributed by atoms with Crippen LogP contribution in [0, 0.1) is 11.8 Å². The summed E-state index contributed by atoms with van der Waals surface area (Å²) < 4.78 is 16.0. The summed E-state index contributed by atoms with van der Waals surface area (Å²) in [6.07, 6.45) is 15.2. The maximum atomic E-state index is 11.8. The molecule has 1 aliphatic heterocycles. The van der Waals surface area contributed by atoms with Crippen LogP contribution in [0.5, 0.6) is 17.2 Å². The monoisotopic (exact) mass is 701 g/mol. The van der Waals surface area contributed by atoms with Gasteiger partial charge in [-0.2, -0.15) is 0 Å². The maximum Gasteiger partial charge on any atom is 0.162 e. The Labute approximate surface area is 308 Å². The molecule has 288 valence electrons. The zero-order chi connectivity index (χ0) is 38.2. The van der Waals surface area contributed by atoms with E-state index in [9.17, 15) is 14.7 Å². The third-order valence-corrected chi connectivity index (χ3v) is 8.64. The summed E-state index contributed by atoms with van der Waals surface area (Å²) in [7, 11) is 1.60. The summed E-state index contributed by atoms with van der Waals surface area (Å²) in [5, 5.41) is 10.2. The number of carbonyl (C=O) groups is 2. The van der Waals surface area contributed by atoms with Crippen LogP contribution in [0.25, 0.3) is 0 Å². The number of aliphatic hydroxyl groups is 1. The van der Waals surface area contributed by atoms with Gasteiger partial charge < -0.3 is 24.1 Å². The number of rotatable bonds is 18. The fourth-order valence-corrected chi connectivity index (χ4v) is 4.91. The minimum atomic E-state index is -0.425. The summed E-state index contributed by atoms with van der Waals surface area (Å²) >= 11 is 0. The fraction of sp³-hybridized carbons (Fsp3) is 0.682. The molecule has 50 heavy (non-hydrogen) atoms. The first-order valence-corrected chi connectivity index (χ1v) is 19.8. The minimum absolute atomic E-state index is 0.153. The van der Waals surface area contributed by atoms with Crippen molar-refractivity contribution in [2.75, 3.05) is 20.3 Å². The molecule has 0 spiro atoms. The van der Waals surface area contributed by atoms with Crippen molar-refractivity contribution in [3.63, 3.8) is 0 Å². The van der Waals surface area contributed by atoms with E-state index < -0.39 is 6.10 Å². The summed E-state index contributed by atoms with van der Waals surface area (Å²) in [6.45, 7) is 22.2. The highest BCUT2D eigenvalue weighted by Gasteiger charge is 2.19. The second-order valence-corrected chi connectivity index (χ2v) is 13.0. The van der Waals surface area contributed by atoms with E-state index in [2.05, 4.69) is 48.5 Å². The van der Waals surface area contributed by atoms with Crippen LogP contribution in [0.15, 0.2) is 42.5 Å². The molecule has 0 radical (unpaired) electrons. The predicted molar refractivity (Wildman–Crippen MR) is 213 cm³/mol. The Balaban J connectivity index is 0. The number of carbonyl (C=O) groups excluding carboxylic acids is 2. The first-order chi connectivity index (χ1) is 24.1. The number of fused-ring (bicyclic) bond motifs is 1. The molecule has 0 aliphatic carbocycles. The van der Waals surface area contributed by atoms with E-state index in [0.29, 0.717) is 26.1 Å². The lowest BCUT2D eigenvalue weighted by Crippen LogP contribution is -2.16. The quantitative estimate of drug-likeness (QED) is 0.123. The Morgan fingerprint density at radius 3 is 1.76 bits per heavy atom. The van der Waals surface area contributed by atoms with Crippen LogP contribution in [0.1, 0.15) is 181 Å². The van der Waals surface area contributed by atoms with Gasteiger partial charge in [0.2, 0.25) is 0 Å². The van der Waals surface area contributed by atoms with Crippen molar-refractivity contribution in [2.45, 2.75) is 165 Å². The molecule has 6 heteroatoms. The standard InChI is InChI=1S/C15H20O3.C14H20O3.C7H16.C6H14.C2H6/c1-12(16)6-4-3-5-7-15(17)13-8-10-14(18-2)11-9-13;1-3-4-10(2)14(15)11-5-6-12-13(9-11)17-8-7-16-12;1-3-5-7-6-4-2;1-4-6(3)5-2;1-2/h8-11H,3-7H2,1-2H3;5-6,9-10,14-15H,3-4,7-8H2,1-2H3;3-7H2,1-2H3;6H,4-5H2,1-3H3;1-2H3/t;10-,14?;;;/m.0.../s1. The third kappa shape index (κ3) is 24.3. The zero-order valence-corrected chi connectivity index (χ0v) is 34.1. The minimum Gasteiger partial charge on any atom is -0.497 e. The average molecular weight is 701 g/mol. The van der Waals surface area contributed by atoms with Crippen molar-refractivity contribution >= 4 is 11.6 Å². The normalized spacial score (nSPS) is 12.3. The molecule has 2 aromatic rings. The Hall–Kier alpha value is -2.86. The van der Waals surface area contributed by atoms with Gasteiger partial charge in [-0.25, -0.2) is 0 Å². The predicted octanol–water partition coefficient (Wildman–Crippen LogP) is 12.8. The Bertz CT molecular complexity index is 1070. The summed E-state index contributed by atoms with van der Waals surface area (Å²) in [6, 6.07) is 12.9. The molecule has 2 atom stereocenters. The van der Waals surface area contributed by atoms with E-state index in [-0.39, 0.29) is 17.5 Å². The lowest BCUT2D eigenvalue weighted by molar-refractivity contribution is -0.117. The van der Waals surface area contributed by atoms with Crippen molar-refractivity contribution in [2.24, 2.45) is 11.8 Å². The Morgan fingerprint density at radius 1 is 0.740 bits per heavy atom. The fourth-order valence-electron chi connectivity index (χ4n) is 4.91. The lowest BCUT2D eigenvalue weighted by atomic mass is 9.93. The molecule has 1 unspecified atom stereocenters. The third-order valence-electron chi connectivity index (χ3n) is 8.64. The highest BCUT2D eigenvalue weighted by atomic mass is 16.6. The molecule has 1 N–H and O–H groups in total. The molecule has 0 fully saturated rings. The molecular formula is C44H76O6. The van der Waals surface area contributed by atoms with Crippen LogP contribution in [0.4, 0.5) is 0 Å². The first kappa shape index (κ1) is 49.3. The van der Waals surface area contributed by atoms with Gasteiger partial charge in [-0.05, 0) is 80.0 Å². The number of aliphatic hydroxyl groups excluding tert-OH is 1. The molecule has 0 saturated heterocycles. The number of hydrogen-bond donors (Lipinski definition) is 1. The number of hydrogen-bond acceptors (Lipinski definition) is 6. The molecule has 0 aromatic heterocycles. The van der Waals surface area contributed by atoms with E-state index in [0.717, 1.165) is 66.4 Å². The second kappa shape index (κ2) is 33.3. The van der Waals surface area contributed by atoms with Crippen molar-refractivity contribution in [1.29, 1.82) is 0 Å². The van der Waals surface area contributed by atoms with E-state index in [1.807, 2.05) is 32.0 Å². The highest BCUT2D eigenvalue weighted by molar-refractivity contribution is 5.96. The van der Waals surface area contributed by atoms with Gasteiger partial charge in [0, 0.05) is 18.4 Å².